The molecule has 5 nitrogen and oxygen atoms in total. The molecule has 0 saturated heterocycles. The Kier molecular flexibility index (Phi) is 3.48. The largest absolute Gasteiger partial charge is 0.476 e. The molecule has 0 bridgehead atoms. The van der Waals surface area contributed by atoms with Crippen LogP contribution in [0.25, 0.3) is 5.69 Å². The number of hydrogen-bond acceptors (Lipinski definition) is 3. The average molecular weight is 299 g/mol. The molecule has 0 radical (unpaired) electrons. The highest BCUT2D eigenvalue weighted by molar-refractivity contribution is 5.87. The highest BCUT2D eigenvalue weighted by Gasteiger charge is 2.31. The molecule has 21 heavy (non-hydrogen) atoms. The number of carboxylic acids is 1. The van der Waals surface area contributed by atoms with E-state index in [9.17, 15) is 18.0 Å². The van der Waals surface area contributed by atoms with Gasteiger partial charge in [0.25, 0.3) is 0 Å². The zero-order valence-electron chi connectivity index (χ0n) is 11.5. The summed E-state index contributed by atoms with van der Waals surface area (Å²) in [5.74, 6) is -5.79. The Bertz CT molecular complexity index is 720. The van der Waals surface area contributed by atoms with Crippen LogP contribution in [0.2, 0.25) is 0 Å². The molecule has 0 unspecified atom stereocenters. The smallest absolute Gasteiger partial charge is 0.358 e. The summed E-state index contributed by atoms with van der Waals surface area (Å²) in [6, 6.07) is 1.71. The normalized spacial score (nSPS) is 11.7. The number of carboxylic acid groups (broad SMARTS) is 1. The maximum atomic E-state index is 13.9. The van der Waals surface area contributed by atoms with Crippen LogP contribution in [0.3, 0.4) is 0 Å². The van der Waals surface area contributed by atoms with Crippen molar-refractivity contribution >= 4 is 5.97 Å². The number of halogens is 3. The van der Waals surface area contributed by atoms with Crippen LogP contribution in [0, 0.1) is 17.5 Å². The quantitative estimate of drug-likeness (QED) is 0.866. The molecular formula is C13H12F3N3O2. The number of carbonyl (C=O) groups is 1. The summed E-state index contributed by atoms with van der Waals surface area (Å²) >= 11 is 0. The first kappa shape index (κ1) is 15.0. The van der Waals surface area contributed by atoms with E-state index in [1.165, 1.54) is 0 Å². The van der Waals surface area contributed by atoms with Crippen LogP contribution in [0.5, 0.6) is 0 Å². The fourth-order valence-electron chi connectivity index (χ4n) is 1.95. The zero-order valence-corrected chi connectivity index (χ0v) is 11.5. The van der Waals surface area contributed by atoms with E-state index in [0.29, 0.717) is 0 Å². The van der Waals surface area contributed by atoms with E-state index >= 15 is 0 Å². The first-order valence-electron chi connectivity index (χ1n) is 5.98. The molecule has 0 fully saturated rings. The Morgan fingerprint density at radius 2 is 1.81 bits per heavy atom. The van der Waals surface area contributed by atoms with Crippen molar-refractivity contribution in [2.45, 2.75) is 26.2 Å². The molecule has 0 spiro atoms. The second kappa shape index (κ2) is 4.87. The summed E-state index contributed by atoms with van der Waals surface area (Å²) in [6.45, 7) is 5.02. The second-order valence-corrected chi connectivity index (χ2v) is 5.45. The van der Waals surface area contributed by atoms with Crippen LogP contribution in [-0.2, 0) is 5.41 Å². The molecule has 112 valence electrons. The molecule has 2 aromatic rings. The molecule has 1 heterocycles. The maximum absolute atomic E-state index is 13.9. The lowest BCUT2D eigenvalue weighted by Crippen LogP contribution is -2.22. The van der Waals surface area contributed by atoms with Gasteiger partial charge in [-0.1, -0.05) is 26.0 Å². The van der Waals surface area contributed by atoms with E-state index in [2.05, 4.69) is 10.3 Å². The molecule has 2 rings (SSSR count). The first-order valence-corrected chi connectivity index (χ1v) is 5.98. The number of benzene rings is 1. The van der Waals surface area contributed by atoms with E-state index in [-0.39, 0.29) is 11.4 Å². The maximum Gasteiger partial charge on any atom is 0.358 e. The van der Waals surface area contributed by atoms with E-state index in [4.69, 9.17) is 5.11 Å². The summed E-state index contributed by atoms with van der Waals surface area (Å²) in [7, 11) is 0. The summed E-state index contributed by atoms with van der Waals surface area (Å²) in [5.41, 5.74) is -1.44. The van der Waals surface area contributed by atoms with E-state index in [1.54, 1.807) is 20.8 Å². The lowest BCUT2D eigenvalue weighted by Gasteiger charge is -2.20. The predicted molar refractivity (Wildman–Crippen MR) is 66.9 cm³/mol. The monoisotopic (exact) mass is 299 g/mol. The second-order valence-electron chi connectivity index (χ2n) is 5.45. The Morgan fingerprint density at radius 1 is 1.19 bits per heavy atom. The van der Waals surface area contributed by atoms with Crippen LogP contribution < -0.4 is 0 Å². The van der Waals surface area contributed by atoms with Gasteiger partial charge in [-0.3, -0.25) is 0 Å². The van der Waals surface area contributed by atoms with E-state index in [0.717, 1.165) is 16.8 Å². The first-order chi connectivity index (χ1) is 9.64. The molecule has 8 heteroatoms. The third kappa shape index (κ3) is 2.48. The zero-order chi connectivity index (χ0) is 15.9. The molecular weight excluding hydrogens is 287 g/mol. The summed E-state index contributed by atoms with van der Waals surface area (Å²) in [5, 5.41) is 16.2. The minimum atomic E-state index is -1.65. The van der Waals surface area contributed by atoms with Crippen molar-refractivity contribution in [1.29, 1.82) is 0 Å². The molecule has 0 atom stereocenters. The van der Waals surface area contributed by atoms with Gasteiger partial charge in [-0.15, -0.1) is 5.10 Å². The van der Waals surface area contributed by atoms with Gasteiger partial charge in [0.2, 0.25) is 0 Å². The van der Waals surface area contributed by atoms with Crippen LogP contribution >= 0.6 is 0 Å². The van der Waals surface area contributed by atoms with Gasteiger partial charge in [-0.05, 0) is 12.1 Å². The molecule has 0 aliphatic heterocycles. The molecule has 1 aromatic carbocycles. The molecule has 1 aromatic heterocycles. The van der Waals surface area contributed by atoms with Crippen molar-refractivity contribution in [3.05, 3.63) is 41.0 Å². The Labute approximate surface area is 118 Å². The topological polar surface area (TPSA) is 68.0 Å². The lowest BCUT2D eigenvalue weighted by molar-refractivity contribution is 0.0687. The van der Waals surface area contributed by atoms with Gasteiger partial charge in [-0.25, -0.2) is 22.6 Å². The van der Waals surface area contributed by atoms with Gasteiger partial charge < -0.3 is 5.11 Å². The highest BCUT2D eigenvalue weighted by atomic mass is 19.2. The van der Waals surface area contributed by atoms with E-state index in [1.807, 2.05) is 0 Å². The Morgan fingerprint density at radius 3 is 2.33 bits per heavy atom. The number of aromatic carboxylic acids is 1. The van der Waals surface area contributed by atoms with Crippen molar-refractivity contribution in [3.63, 3.8) is 0 Å². The molecule has 1 N–H and O–H groups in total. The number of nitrogens with zero attached hydrogens (tertiary/aromatic N) is 3. The molecule has 0 aliphatic rings. The lowest BCUT2D eigenvalue weighted by atomic mass is 9.90. The number of aromatic nitrogens is 3. The fraction of sp³-hybridized carbons (Fsp3) is 0.308. The van der Waals surface area contributed by atoms with Crippen LogP contribution in [0.15, 0.2) is 12.1 Å². The third-order valence-electron chi connectivity index (χ3n) is 2.83. The van der Waals surface area contributed by atoms with E-state index < -0.39 is 34.5 Å². The Hall–Kier alpha value is -2.38. The van der Waals surface area contributed by atoms with Gasteiger partial charge in [0.1, 0.15) is 5.69 Å². The van der Waals surface area contributed by atoms with Crippen molar-refractivity contribution in [3.8, 4) is 5.69 Å². The standard InChI is InChI=1S/C13H12F3N3O2/c1-13(2,3)11-10(12(20)21)17-18-19(11)7-5-4-6(14)8(15)9(7)16/h4-5H,1-3H3,(H,20,21). The van der Waals surface area contributed by atoms with Crippen LogP contribution in [0.4, 0.5) is 13.2 Å². The van der Waals surface area contributed by atoms with Crippen LogP contribution in [-0.4, -0.2) is 26.1 Å². The van der Waals surface area contributed by atoms with Gasteiger partial charge in [0.15, 0.2) is 23.1 Å². The van der Waals surface area contributed by atoms with Gasteiger partial charge in [0.05, 0.1) is 5.69 Å². The predicted octanol–water partition coefficient (Wildman–Crippen LogP) is 2.68. The molecule has 0 amide bonds. The number of hydrogen-bond donors (Lipinski definition) is 1. The summed E-state index contributed by atoms with van der Waals surface area (Å²) in [4.78, 5) is 11.2. The Balaban J connectivity index is 2.77. The van der Waals surface area contributed by atoms with Crippen molar-refractivity contribution in [1.82, 2.24) is 15.0 Å². The van der Waals surface area contributed by atoms with Crippen molar-refractivity contribution < 1.29 is 23.1 Å². The minimum Gasteiger partial charge on any atom is -0.476 e. The van der Waals surface area contributed by atoms with Crippen molar-refractivity contribution in [2.24, 2.45) is 0 Å². The third-order valence-corrected chi connectivity index (χ3v) is 2.83. The van der Waals surface area contributed by atoms with Crippen LogP contribution in [0.1, 0.15) is 37.0 Å². The minimum absolute atomic E-state index is 0.0832. The SMILES string of the molecule is CC(C)(C)c1c(C(=O)O)nnn1-c1ccc(F)c(F)c1F. The van der Waals surface area contributed by atoms with Gasteiger partial charge >= 0.3 is 5.97 Å². The summed E-state index contributed by atoms with van der Waals surface area (Å²) in [6.07, 6.45) is 0. The van der Waals surface area contributed by atoms with Gasteiger partial charge in [-0.2, -0.15) is 0 Å². The molecule has 0 aliphatic carbocycles. The summed E-state index contributed by atoms with van der Waals surface area (Å²) < 4.78 is 41.1. The molecule has 0 saturated carbocycles. The average Bonchev–Trinajstić information content (AvgIpc) is 2.81. The van der Waals surface area contributed by atoms with Crippen molar-refractivity contribution in [2.75, 3.05) is 0 Å². The van der Waals surface area contributed by atoms with Gasteiger partial charge in [0, 0.05) is 5.41 Å². The highest BCUT2D eigenvalue weighted by Crippen LogP contribution is 2.29. The fourth-order valence-corrected chi connectivity index (χ4v) is 1.95. The number of rotatable bonds is 2.